The van der Waals surface area contributed by atoms with Crippen molar-refractivity contribution >= 4 is 17.5 Å². The topological polar surface area (TPSA) is 85.2 Å². The zero-order chi connectivity index (χ0) is 25.1. The van der Waals surface area contributed by atoms with Gasteiger partial charge in [0.2, 0.25) is 0 Å². The van der Waals surface area contributed by atoms with E-state index in [9.17, 15) is 9.59 Å². The Morgan fingerprint density at radius 2 is 1.75 bits per heavy atom. The average Bonchev–Trinajstić information content (AvgIpc) is 3.54. The number of rotatable bonds is 7. The fourth-order valence-electron chi connectivity index (χ4n) is 5.23. The molecule has 8 heteroatoms. The third-order valence-electron chi connectivity index (χ3n) is 7.11. The molecule has 1 unspecified atom stereocenters. The number of carbonyl (C=O) groups is 2. The molecular weight excluding hydrogens is 456 g/mol. The fourth-order valence-corrected chi connectivity index (χ4v) is 5.23. The molecule has 2 fully saturated rings. The molecule has 5 rings (SSSR count). The van der Waals surface area contributed by atoms with Crippen LogP contribution in [0.5, 0.6) is 0 Å². The summed E-state index contributed by atoms with van der Waals surface area (Å²) in [4.78, 5) is 32.7. The summed E-state index contributed by atoms with van der Waals surface area (Å²) in [6.07, 6.45) is 3.95. The van der Waals surface area contributed by atoms with Crippen molar-refractivity contribution in [3.63, 3.8) is 0 Å². The number of benzene rings is 1. The van der Waals surface area contributed by atoms with Crippen molar-refractivity contribution in [2.75, 3.05) is 32.8 Å². The first-order valence-corrected chi connectivity index (χ1v) is 12.8. The first-order chi connectivity index (χ1) is 17.4. The predicted molar refractivity (Wildman–Crippen MR) is 136 cm³/mol. The summed E-state index contributed by atoms with van der Waals surface area (Å²) in [5, 5.41) is 3.11. The SMILES string of the molecule is CC(C)CC(CNC(=O)c1cccc2nc(C(=O)N3CCC4(CC3)OCCO4)cn12)c1ccccc1. The Labute approximate surface area is 211 Å². The van der Waals surface area contributed by atoms with Crippen LogP contribution in [-0.2, 0) is 9.47 Å². The minimum absolute atomic E-state index is 0.140. The largest absolute Gasteiger partial charge is 0.350 e. The molecule has 190 valence electrons. The van der Waals surface area contributed by atoms with Crippen molar-refractivity contribution in [2.24, 2.45) is 5.92 Å². The van der Waals surface area contributed by atoms with Crippen LogP contribution in [0.25, 0.3) is 5.65 Å². The highest BCUT2D eigenvalue weighted by Crippen LogP contribution is 2.31. The second-order valence-electron chi connectivity index (χ2n) is 10.1. The summed E-state index contributed by atoms with van der Waals surface area (Å²) >= 11 is 0. The number of piperidine rings is 1. The van der Waals surface area contributed by atoms with E-state index in [4.69, 9.17) is 9.47 Å². The van der Waals surface area contributed by atoms with Crippen LogP contribution in [-0.4, -0.2) is 64.7 Å². The van der Waals surface area contributed by atoms with Crippen molar-refractivity contribution in [1.29, 1.82) is 0 Å². The van der Waals surface area contributed by atoms with Gasteiger partial charge in [0.25, 0.3) is 11.8 Å². The van der Waals surface area contributed by atoms with E-state index in [-0.39, 0.29) is 17.7 Å². The molecule has 0 saturated carbocycles. The van der Waals surface area contributed by atoms with Gasteiger partial charge in [-0.15, -0.1) is 0 Å². The highest BCUT2D eigenvalue weighted by atomic mass is 16.7. The first kappa shape index (κ1) is 24.5. The number of hydrogen-bond donors (Lipinski definition) is 1. The van der Waals surface area contributed by atoms with E-state index >= 15 is 0 Å². The smallest absolute Gasteiger partial charge is 0.274 e. The Bertz CT molecular complexity index is 1210. The Hall–Kier alpha value is -3.23. The number of amides is 2. The van der Waals surface area contributed by atoms with Gasteiger partial charge < -0.3 is 19.7 Å². The minimum Gasteiger partial charge on any atom is -0.350 e. The lowest BCUT2D eigenvalue weighted by atomic mass is 9.90. The molecule has 0 aliphatic carbocycles. The Balaban J connectivity index is 1.29. The average molecular weight is 491 g/mol. The van der Waals surface area contributed by atoms with Gasteiger partial charge in [0, 0.05) is 44.6 Å². The molecule has 3 aromatic rings. The Morgan fingerprint density at radius 1 is 1.03 bits per heavy atom. The van der Waals surface area contributed by atoms with Gasteiger partial charge in [0.1, 0.15) is 17.0 Å². The maximum atomic E-state index is 13.2. The molecule has 2 amide bonds. The number of nitrogens with one attached hydrogen (secondary N) is 1. The fraction of sp³-hybridized carbons (Fsp3) is 0.464. The summed E-state index contributed by atoms with van der Waals surface area (Å²) in [5.41, 5.74) is 2.59. The van der Waals surface area contributed by atoms with Gasteiger partial charge in [0.15, 0.2) is 5.79 Å². The maximum absolute atomic E-state index is 13.2. The van der Waals surface area contributed by atoms with Crippen molar-refractivity contribution < 1.29 is 19.1 Å². The molecule has 1 aromatic carbocycles. The van der Waals surface area contributed by atoms with Gasteiger partial charge in [-0.25, -0.2) is 4.98 Å². The van der Waals surface area contributed by atoms with Gasteiger partial charge in [-0.2, -0.15) is 0 Å². The number of carbonyl (C=O) groups excluding carboxylic acids is 2. The molecule has 1 atom stereocenters. The highest BCUT2D eigenvalue weighted by Gasteiger charge is 2.41. The molecule has 2 aliphatic heterocycles. The number of fused-ring (bicyclic) bond motifs is 1. The van der Waals surface area contributed by atoms with Crippen LogP contribution in [0, 0.1) is 5.92 Å². The molecule has 4 heterocycles. The lowest BCUT2D eigenvalue weighted by Gasteiger charge is -2.37. The molecule has 8 nitrogen and oxygen atoms in total. The molecule has 2 saturated heterocycles. The van der Waals surface area contributed by atoms with E-state index in [1.807, 2.05) is 24.3 Å². The van der Waals surface area contributed by atoms with E-state index in [0.717, 1.165) is 6.42 Å². The quantitative estimate of drug-likeness (QED) is 0.544. The summed E-state index contributed by atoms with van der Waals surface area (Å²) in [6, 6.07) is 15.7. The van der Waals surface area contributed by atoms with E-state index in [0.29, 0.717) is 68.6 Å². The summed E-state index contributed by atoms with van der Waals surface area (Å²) in [6.45, 7) is 7.24. The normalized spacial score (nSPS) is 18.1. The maximum Gasteiger partial charge on any atom is 0.274 e. The summed E-state index contributed by atoms with van der Waals surface area (Å²) < 4.78 is 13.2. The predicted octanol–water partition coefficient (Wildman–Crippen LogP) is 3.87. The number of likely N-dealkylation sites (tertiary alicyclic amines) is 1. The molecule has 1 spiro atoms. The number of hydrogen-bond acceptors (Lipinski definition) is 5. The van der Waals surface area contributed by atoms with Crippen molar-refractivity contribution in [3.05, 3.63) is 71.7 Å². The van der Waals surface area contributed by atoms with Crippen LogP contribution in [0.2, 0.25) is 0 Å². The van der Waals surface area contributed by atoms with Gasteiger partial charge in [-0.3, -0.25) is 14.0 Å². The molecule has 2 aromatic heterocycles. The molecular formula is C28H34N4O4. The zero-order valence-corrected chi connectivity index (χ0v) is 21.0. The second kappa shape index (κ2) is 10.4. The zero-order valence-electron chi connectivity index (χ0n) is 21.0. The third kappa shape index (κ3) is 5.15. The van der Waals surface area contributed by atoms with Crippen molar-refractivity contribution in [3.8, 4) is 0 Å². The van der Waals surface area contributed by atoms with Crippen LogP contribution < -0.4 is 5.32 Å². The van der Waals surface area contributed by atoms with Gasteiger partial charge in [-0.05, 0) is 30.0 Å². The van der Waals surface area contributed by atoms with Crippen LogP contribution in [0.4, 0.5) is 0 Å². The van der Waals surface area contributed by atoms with Gasteiger partial charge in [0.05, 0.1) is 13.2 Å². The van der Waals surface area contributed by atoms with Crippen LogP contribution in [0.1, 0.15) is 65.6 Å². The minimum atomic E-state index is -0.534. The molecule has 36 heavy (non-hydrogen) atoms. The molecule has 1 N–H and O–H groups in total. The first-order valence-electron chi connectivity index (χ1n) is 12.8. The lowest BCUT2D eigenvalue weighted by molar-refractivity contribution is -0.181. The number of pyridine rings is 1. The Kier molecular flexibility index (Phi) is 7.07. The standard InChI is InChI=1S/C28H34N4O4/c1-20(2)17-22(21-7-4-3-5-8-21)18-29-26(33)24-9-6-10-25-30-23(19-32(24)25)27(34)31-13-11-28(12-14-31)35-15-16-36-28/h3-10,19-20,22H,11-18H2,1-2H3,(H,29,33). The number of ether oxygens (including phenoxy) is 2. The third-order valence-corrected chi connectivity index (χ3v) is 7.11. The van der Waals surface area contributed by atoms with E-state index in [1.165, 1.54) is 5.56 Å². The molecule has 0 bridgehead atoms. The monoisotopic (exact) mass is 490 g/mol. The number of nitrogens with zero attached hydrogens (tertiary/aromatic N) is 3. The van der Waals surface area contributed by atoms with Crippen molar-refractivity contribution in [1.82, 2.24) is 19.6 Å². The lowest BCUT2D eigenvalue weighted by Crippen LogP contribution is -2.47. The summed E-state index contributed by atoms with van der Waals surface area (Å²) in [7, 11) is 0. The van der Waals surface area contributed by atoms with E-state index in [2.05, 4.69) is 36.3 Å². The molecule has 0 radical (unpaired) electrons. The van der Waals surface area contributed by atoms with Gasteiger partial charge in [-0.1, -0.05) is 50.2 Å². The van der Waals surface area contributed by atoms with Crippen molar-refractivity contribution in [2.45, 2.75) is 44.8 Å². The second-order valence-corrected chi connectivity index (χ2v) is 10.1. The Morgan fingerprint density at radius 3 is 2.44 bits per heavy atom. The van der Waals surface area contributed by atoms with Crippen LogP contribution in [0.3, 0.4) is 0 Å². The van der Waals surface area contributed by atoms with Gasteiger partial charge >= 0.3 is 0 Å². The van der Waals surface area contributed by atoms with Crippen LogP contribution >= 0.6 is 0 Å². The van der Waals surface area contributed by atoms with Crippen LogP contribution in [0.15, 0.2) is 54.7 Å². The van der Waals surface area contributed by atoms with E-state index in [1.54, 1.807) is 27.6 Å². The van der Waals surface area contributed by atoms with E-state index < -0.39 is 5.79 Å². The number of aromatic nitrogens is 2. The highest BCUT2D eigenvalue weighted by molar-refractivity contribution is 5.95. The summed E-state index contributed by atoms with van der Waals surface area (Å²) in [5.74, 6) is -0.122. The molecule has 2 aliphatic rings. The number of imidazole rings is 1.